The number of hydrogen-bond acceptors (Lipinski definition) is 4. The van der Waals surface area contributed by atoms with E-state index in [0.717, 1.165) is 79.2 Å². The van der Waals surface area contributed by atoms with E-state index in [0.29, 0.717) is 5.56 Å². The number of methoxy groups -OCH3 is 1. The van der Waals surface area contributed by atoms with E-state index < -0.39 is 0 Å². The van der Waals surface area contributed by atoms with Crippen LogP contribution in [0.25, 0.3) is 11.2 Å². The van der Waals surface area contributed by atoms with Crippen LogP contribution in [-0.2, 0) is 13.0 Å². The summed E-state index contributed by atoms with van der Waals surface area (Å²) in [6.07, 6.45) is 6.43. The molecule has 5 rings (SSSR count). The van der Waals surface area contributed by atoms with Gasteiger partial charge in [-0.25, -0.2) is 9.97 Å². The molecule has 156 valence electrons. The third-order valence-corrected chi connectivity index (χ3v) is 6.42. The van der Waals surface area contributed by atoms with Crippen LogP contribution in [0.5, 0.6) is 5.75 Å². The van der Waals surface area contributed by atoms with Crippen LogP contribution in [-0.4, -0.2) is 39.0 Å². The minimum atomic E-state index is 0.0593. The van der Waals surface area contributed by atoms with Gasteiger partial charge in [0.15, 0.2) is 5.65 Å². The molecule has 2 aliphatic heterocycles. The number of rotatable bonds is 3. The molecule has 1 unspecified atom stereocenters. The SMILES string of the molecule is COc1cccc(C2CCCN2C(=O)c2cc(C)nc3c2nc2n3CCCCC2)c1. The van der Waals surface area contributed by atoms with E-state index >= 15 is 0 Å². The number of aryl methyl sites for hydroxylation is 3. The van der Waals surface area contributed by atoms with Crippen LogP contribution in [0.4, 0.5) is 0 Å². The highest BCUT2D eigenvalue weighted by Gasteiger charge is 2.33. The van der Waals surface area contributed by atoms with Crippen molar-refractivity contribution in [3.8, 4) is 5.75 Å². The summed E-state index contributed by atoms with van der Waals surface area (Å²) in [4.78, 5) is 25.4. The summed E-state index contributed by atoms with van der Waals surface area (Å²) in [5.41, 5.74) is 4.32. The average molecular weight is 405 g/mol. The fraction of sp³-hybridized carbons (Fsp3) is 0.458. The predicted octanol–water partition coefficient (Wildman–Crippen LogP) is 4.45. The smallest absolute Gasteiger partial charge is 0.256 e. The molecule has 30 heavy (non-hydrogen) atoms. The number of benzene rings is 1. The van der Waals surface area contributed by atoms with Crippen molar-refractivity contribution in [3.63, 3.8) is 0 Å². The maximum Gasteiger partial charge on any atom is 0.256 e. The number of hydrogen-bond donors (Lipinski definition) is 0. The highest BCUT2D eigenvalue weighted by molar-refractivity contribution is 6.04. The van der Waals surface area contributed by atoms with E-state index in [1.54, 1.807) is 7.11 Å². The maximum absolute atomic E-state index is 13.7. The van der Waals surface area contributed by atoms with Crippen LogP contribution >= 0.6 is 0 Å². The number of carbonyl (C=O) groups is 1. The summed E-state index contributed by atoms with van der Waals surface area (Å²) in [7, 11) is 1.68. The second kappa shape index (κ2) is 7.74. The lowest BCUT2D eigenvalue weighted by Crippen LogP contribution is -2.31. The number of carbonyl (C=O) groups excluding carboxylic acids is 1. The topological polar surface area (TPSA) is 60.2 Å². The minimum absolute atomic E-state index is 0.0593. The summed E-state index contributed by atoms with van der Waals surface area (Å²) in [6.45, 7) is 3.67. The number of nitrogens with zero attached hydrogens (tertiary/aromatic N) is 4. The lowest BCUT2D eigenvalue weighted by atomic mass is 10.0. The van der Waals surface area contributed by atoms with Crippen LogP contribution in [0.1, 0.15) is 65.6 Å². The first kappa shape index (κ1) is 19.1. The zero-order valence-electron chi connectivity index (χ0n) is 17.7. The van der Waals surface area contributed by atoms with Crippen molar-refractivity contribution < 1.29 is 9.53 Å². The van der Waals surface area contributed by atoms with Gasteiger partial charge in [0.1, 0.15) is 17.1 Å². The normalized spacial score (nSPS) is 19.0. The summed E-state index contributed by atoms with van der Waals surface area (Å²) in [6, 6.07) is 10.1. The van der Waals surface area contributed by atoms with Gasteiger partial charge in [-0.05, 0) is 56.4 Å². The third-order valence-electron chi connectivity index (χ3n) is 6.42. The fourth-order valence-corrected chi connectivity index (χ4v) is 4.94. The largest absolute Gasteiger partial charge is 0.497 e. The molecule has 1 amide bonds. The first-order valence-corrected chi connectivity index (χ1v) is 11.0. The van der Waals surface area contributed by atoms with Gasteiger partial charge >= 0.3 is 0 Å². The molecule has 6 nitrogen and oxygen atoms in total. The minimum Gasteiger partial charge on any atom is -0.497 e. The second-order valence-corrected chi connectivity index (χ2v) is 8.41. The van der Waals surface area contributed by atoms with Crippen molar-refractivity contribution in [1.82, 2.24) is 19.4 Å². The van der Waals surface area contributed by atoms with Crippen molar-refractivity contribution in [1.29, 1.82) is 0 Å². The molecule has 0 N–H and O–H groups in total. The standard InChI is InChI=1S/C24H28N4O2/c1-16-14-19(22-23(25-16)28-12-5-3-4-11-21(28)26-22)24(29)27-13-7-10-20(27)17-8-6-9-18(15-17)30-2/h6,8-9,14-15,20H,3-5,7,10-13H2,1-2H3. The fourth-order valence-electron chi connectivity index (χ4n) is 4.94. The monoisotopic (exact) mass is 404 g/mol. The van der Waals surface area contributed by atoms with Gasteiger partial charge in [0.2, 0.25) is 0 Å². The molecule has 1 aromatic carbocycles. The van der Waals surface area contributed by atoms with Gasteiger partial charge in [-0.15, -0.1) is 0 Å². The molecular weight excluding hydrogens is 376 g/mol. The first-order valence-electron chi connectivity index (χ1n) is 11.0. The van der Waals surface area contributed by atoms with Crippen LogP contribution in [0.15, 0.2) is 30.3 Å². The molecule has 0 aliphatic carbocycles. The lowest BCUT2D eigenvalue weighted by Gasteiger charge is -2.25. The number of imidazole rings is 1. The van der Waals surface area contributed by atoms with E-state index in [9.17, 15) is 4.79 Å². The van der Waals surface area contributed by atoms with Crippen molar-refractivity contribution in [3.05, 3.63) is 53.0 Å². The van der Waals surface area contributed by atoms with Crippen molar-refractivity contribution >= 4 is 17.1 Å². The molecule has 0 saturated carbocycles. The summed E-state index contributed by atoms with van der Waals surface area (Å²) >= 11 is 0. The Labute approximate surface area is 176 Å². The van der Waals surface area contributed by atoms with Gasteiger partial charge in [-0.1, -0.05) is 18.6 Å². The molecule has 1 atom stereocenters. The number of fused-ring (bicyclic) bond motifs is 3. The van der Waals surface area contributed by atoms with Gasteiger partial charge < -0.3 is 14.2 Å². The third kappa shape index (κ3) is 3.24. The summed E-state index contributed by atoms with van der Waals surface area (Å²) in [5, 5.41) is 0. The Balaban J connectivity index is 1.55. The van der Waals surface area contributed by atoms with Crippen LogP contribution < -0.4 is 4.74 Å². The van der Waals surface area contributed by atoms with Crippen LogP contribution in [0.3, 0.4) is 0 Å². The molecule has 2 aromatic heterocycles. The number of pyridine rings is 1. The van der Waals surface area contributed by atoms with Crippen molar-refractivity contribution in [2.75, 3.05) is 13.7 Å². The van der Waals surface area contributed by atoms with Gasteiger partial charge in [0.25, 0.3) is 5.91 Å². The Hall–Kier alpha value is -2.89. The van der Waals surface area contributed by atoms with Gasteiger partial charge in [-0.3, -0.25) is 4.79 Å². The van der Waals surface area contributed by atoms with Gasteiger partial charge in [-0.2, -0.15) is 0 Å². The van der Waals surface area contributed by atoms with E-state index in [1.165, 1.54) is 6.42 Å². The predicted molar refractivity (Wildman–Crippen MR) is 116 cm³/mol. The average Bonchev–Trinajstić information content (AvgIpc) is 3.31. The van der Waals surface area contributed by atoms with E-state index in [4.69, 9.17) is 14.7 Å². The van der Waals surface area contributed by atoms with E-state index in [-0.39, 0.29) is 11.9 Å². The number of ether oxygens (including phenoxy) is 1. The van der Waals surface area contributed by atoms with E-state index in [2.05, 4.69) is 10.6 Å². The second-order valence-electron chi connectivity index (χ2n) is 8.41. The molecule has 1 fully saturated rings. The molecule has 0 spiro atoms. The Morgan fingerprint density at radius 2 is 2.00 bits per heavy atom. The number of aromatic nitrogens is 3. The molecular formula is C24H28N4O2. The van der Waals surface area contributed by atoms with Gasteiger partial charge in [0.05, 0.1) is 18.7 Å². The molecule has 3 aromatic rings. The van der Waals surface area contributed by atoms with E-state index in [1.807, 2.05) is 36.1 Å². The molecule has 0 radical (unpaired) electrons. The van der Waals surface area contributed by atoms with Crippen LogP contribution in [0.2, 0.25) is 0 Å². The highest BCUT2D eigenvalue weighted by Crippen LogP contribution is 2.35. The van der Waals surface area contributed by atoms with Crippen molar-refractivity contribution in [2.24, 2.45) is 0 Å². The molecule has 6 heteroatoms. The Bertz CT molecular complexity index is 1100. The Kier molecular flexibility index (Phi) is 4.93. The Morgan fingerprint density at radius 3 is 2.87 bits per heavy atom. The first-order chi connectivity index (χ1) is 14.7. The van der Waals surface area contributed by atoms with Crippen LogP contribution in [0, 0.1) is 6.92 Å². The lowest BCUT2D eigenvalue weighted by molar-refractivity contribution is 0.0737. The molecule has 4 heterocycles. The highest BCUT2D eigenvalue weighted by atomic mass is 16.5. The van der Waals surface area contributed by atoms with Crippen molar-refractivity contribution in [2.45, 2.75) is 58.0 Å². The Morgan fingerprint density at radius 1 is 1.10 bits per heavy atom. The molecule has 1 saturated heterocycles. The van der Waals surface area contributed by atoms with Gasteiger partial charge in [0, 0.05) is 25.2 Å². The summed E-state index contributed by atoms with van der Waals surface area (Å²) < 4.78 is 7.63. The molecule has 2 aliphatic rings. The molecule has 0 bridgehead atoms. The number of likely N-dealkylation sites (tertiary alicyclic amines) is 1. The quantitative estimate of drug-likeness (QED) is 0.647. The zero-order valence-corrected chi connectivity index (χ0v) is 17.7. The number of amides is 1. The maximum atomic E-state index is 13.7. The summed E-state index contributed by atoms with van der Waals surface area (Å²) in [5.74, 6) is 1.95. The zero-order chi connectivity index (χ0) is 20.7.